The molecule has 1 saturated heterocycles. The molecular weight excluding hydrogens is 510 g/mol. The molecule has 1 N–H and O–H groups in total. The third-order valence-corrected chi connectivity index (χ3v) is 7.65. The van der Waals surface area contributed by atoms with Gasteiger partial charge in [0.2, 0.25) is 5.60 Å². The molecule has 0 aliphatic carbocycles. The van der Waals surface area contributed by atoms with Crippen LogP contribution in [0.25, 0.3) is 22.6 Å². The molecule has 1 atom stereocenters. The first-order valence-electron chi connectivity index (χ1n) is 13.5. The number of ether oxygens (including phenoxy) is 1. The van der Waals surface area contributed by atoms with Gasteiger partial charge in [-0.05, 0) is 18.6 Å². The number of hydrogen-bond donors (Lipinski definition) is 1. The van der Waals surface area contributed by atoms with Crippen LogP contribution in [0.4, 0.5) is 0 Å². The number of hydrogen-bond acceptors (Lipinski definition) is 8. The molecule has 0 spiro atoms. The number of fused-ring (bicyclic) bond motifs is 1. The van der Waals surface area contributed by atoms with Crippen LogP contribution in [0.2, 0.25) is 0 Å². The molecule has 0 saturated carbocycles. The first kappa shape index (κ1) is 26.0. The van der Waals surface area contributed by atoms with Gasteiger partial charge in [0.1, 0.15) is 11.5 Å². The van der Waals surface area contributed by atoms with Crippen LogP contribution < -0.4 is 0 Å². The van der Waals surface area contributed by atoms with E-state index < -0.39 is 17.5 Å². The highest BCUT2D eigenvalue weighted by Crippen LogP contribution is 2.36. The minimum Gasteiger partial charge on any atom is -0.461 e. The Balaban J connectivity index is 1.32. The van der Waals surface area contributed by atoms with Gasteiger partial charge in [-0.1, -0.05) is 53.7 Å². The molecule has 0 bridgehead atoms. The van der Waals surface area contributed by atoms with Gasteiger partial charge in [0, 0.05) is 63.4 Å². The van der Waals surface area contributed by atoms with Gasteiger partial charge in [0.15, 0.2) is 11.5 Å². The van der Waals surface area contributed by atoms with Crippen molar-refractivity contribution in [2.45, 2.75) is 38.6 Å². The fourth-order valence-corrected chi connectivity index (χ4v) is 5.49. The summed E-state index contributed by atoms with van der Waals surface area (Å²) in [6.45, 7) is 5.32. The van der Waals surface area contributed by atoms with Crippen LogP contribution in [0.15, 0.2) is 65.2 Å². The lowest BCUT2D eigenvalue weighted by Gasteiger charge is -2.29. The molecular formula is C30H31N5O5. The number of aliphatic hydroxyl groups is 1. The lowest BCUT2D eigenvalue weighted by atomic mass is 9.98. The van der Waals surface area contributed by atoms with Gasteiger partial charge in [0.25, 0.3) is 5.91 Å². The average molecular weight is 542 g/mol. The Bertz CT molecular complexity index is 1560. The molecule has 10 nitrogen and oxygen atoms in total. The summed E-state index contributed by atoms with van der Waals surface area (Å²) >= 11 is 0. The Morgan fingerprint density at radius 1 is 1.07 bits per heavy atom. The Labute approximate surface area is 231 Å². The zero-order valence-corrected chi connectivity index (χ0v) is 22.5. The predicted octanol–water partition coefficient (Wildman–Crippen LogP) is 3.45. The van der Waals surface area contributed by atoms with Crippen molar-refractivity contribution in [3.63, 3.8) is 0 Å². The highest BCUT2D eigenvalue weighted by Gasteiger charge is 2.48. The molecule has 6 rings (SSSR count). The van der Waals surface area contributed by atoms with E-state index in [1.54, 1.807) is 20.0 Å². The SMILES string of the molecule is CCOC(=O)c1nc(-c2cccc(-c3cc([C@]4(O)CCN(C)C4=O)on3)c2)n2c1CN(Cc1ccccc1)CC2. The summed E-state index contributed by atoms with van der Waals surface area (Å²) in [7, 11) is 1.65. The van der Waals surface area contributed by atoms with Crippen molar-refractivity contribution in [3.05, 3.63) is 83.4 Å². The van der Waals surface area contributed by atoms with Gasteiger partial charge in [-0.3, -0.25) is 9.69 Å². The third-order valence-electron chi connectivity index (χ3n) is 7.65. The summed E-state index contributed by atoms with van der Waals surface area (Å²) in [4.78, 5) is 34.0. The number of carbonyl (C=O) groups is 2. The maximum absolute atomic E-state index is 12.9. The number of nitrogens with zero attached hydrogens (tertiary/aromatic N) is 5. The molecule has 0 radical (unpaired) electrons. The van der Waals surface area contributed by atoms with Crippen LogP contribution in [-0.2, 0) is 34.8 Å². The number of likely N-dealkylation sites (N-methyl/N-ethyl adjacent to an activating group) is 1. The summed E-state index contributed by atoms with van der Waals surface area (Å²) in [5.74, 6) is -0.0330. The molecule has 40 heavy (non-hydrogen) atoms. The van der Waals surface area contributed by atoms with Gasteiger partial charge < -0.3 is 23.8 Å². The number of imidazole rings is 1. The quantitative estimate of drug-likeness (QED) is 0.354. The van der Waals surface area contributed by atoms with Gasteiger partial charge in [-0.15, -0.1) is 0 Å². The van der Waals surface area contributed by atoms with E-state index in [-0.39, 0.29) is 18.8 Å². The zero-order valence-electron chi connectivity index (χ0n) is 22.5. The van der Waals surface area contributed by atoms with Gasteiger partial charge in [-0.25, -0.2) is 9.78 Å². The van der Waals surface area contributed by atoms with Crippen LogP contribution in [-0.4, -0.2) is 68.2 Å². The summed E-state index contributed by atoms with van der Waals surface area (Å²) in [5, 5.41) is 15.1. The minimum absolute atomic E-state index is 0.128. The maximum atomic E-state index is 12.9. The highest BCUT2D eigenvalue weighted by molar-refractivity contribution is 5.90. The molecule has 1 fully saturated rings. The molecule has 4 aromatic rings. The first-order valence-corrected chi connectivity index (χ1v) is 13.5. The number of aromatic nitrogens is 3. The van der Waals surface area contributed by atoms with Gasteiger partial charge >= 0.3 is 5.97 Å². The number of benzene rings is 2. The van der Waals surface area contributed by atoms with Gasteiger partial charge in [-0.2, -0.15) is 0 Å². The van der Waals surface area contributed by atoms with E-state index >= 15 is 0 Å². The number of amides is 1. The number of esters is 1. The van der Waals surface area contributed by atoms with Crippen molar-refractivity contribution in [1.29, 1.82) is 0 Å². The standard InChI is InChI=1S/C30H31N5O5/c1-3-39-28(36)26-24-19-34(18-20-8-5-4-6-9-20)14-15-35(24)27(31-26)22-11-7-10-21(16-22)23-17-25(40-32-23)30(38)12-13-33(2)29(30)37/h4-11,16-17,38H,3,12-15,18-19H2,1-2H3/t30-/m1/s1. The Morgan fingerprint density at radius 2 is 1.88 bits per heavy atom. The summed E-state index contributed by atoms with van der Waals surface area (Å²) < 4.78 is 12.9. The lowest BCUT2D eigenvalue weighted by molar-refractivity contribution is -0.144. The van der Waals surface area contributed by atoms with E-state index in [0.717, 1.165) is 29.9 Å². The van der Waals surface area contributed by atoms with Crippen molar-refractivity contribution in [1.82, 2.24) is 24.5 Å². The lowest BCUT2D eigenvalue weighted by Crippen LogP contribution is -2.35. The van der Waals surface area contributed by atoms with E-state index in [0.29, 0.717) is 36.8 Å². The molecule has 4 heterocycles. The average Bonchev–Trinajstić information content (AvgIpc) is 3.68. The largest absolute Gasteiger partial charge is 0.461 e. The van der Waals surface area contributed by atoms with Crippen LogP contribution >= 0.6 is 0 Å². The van der Waals surface area contributed by atoms with Crippen LogP contribution in [0.5, 0.6) is 0 Å². The van der Waals surface area contributed by atoms with Crippen LogP contribution in [0, 0.1) is 0 Å². The maximum Gasteiger partial charge on any atom is 0.358 e. The van der Waals surface area contributed by atoms with Crippen molar-refractivity contribution in [2.24, 2.45) is 0 Å². The van der Waals surface area contributed by atoms with E-state index in [1.807, 2.05) is 42.5 Å². The van der Waals surface area contributed by atoms with Crippen LogP contribution in [0.1, 0.15) is 40.9 Å². The number of carbonyl (C=O) groups excluding carboxylic acids is 2. The summed E-state index contributed by atoms with van der Waals surface area (Å²) in [6, 6.07) is 19.5. The molecule has 10 heteroatoms. The molecule has 1 amide bonds. The molecule has 2 aromatic heterocycles. The Morgan fingerprint density at radius 3 is 2.62 bits per heavy atom. The fraction of sp³-hybridized carbons (Fsp3) is 0.333. The molecule has 0 unspecified atom stereocenters. The third kappa shape index (κ3) is 4.59. The van der Waals surface area contributed by atoms with Crippen LogP contribution in [0.3, 0.4) is 0 Å². The van der Waals surface area contributed by atoms with E-state index in [1.165, 1.54) is 10.5 Å². The Hall–Kier alpha value is -4.28. The highest BCUT2D eigenvalue weighted by atomic mass is 16.5. The monoisotopic (exact) mass is 541 g/mol. The fourth-order valence-electron chi connectivity index (χ4n) is 5.49. The van der Waals surface area contributed by atoms with Gasteiger partial charge in [0.05, 0.1) is 12.3 Å². The first-order chi connectivity index (χ1) is 19.4. The second kappa shape index (κ2) is 10.4. The molecule has 206 valence electrons. The van der Waals surface area contributed by atoms with E-state index in [9.17, 15) is 14.7 Å². The topological polar surface area (TPSA) is 114 Å². The van der Waals surface area contributed by atoms with E-state index in [2.05, 4.69) is 26.8 Å². The van der Waals surface area contributed by atoms with Crippen molar-refractivity contribution in [3.8, 4) is 22.6 Å². The molecule has 2 aliphatic rings. The number of likely N-dealkylation sites (tertiary alicyclic amines) is 1. The smallest absolute Gasteiger partial charge is 0.358 e. The Kier molecular flexibility index (Phi) is 6.73. The number of rotatable bonds is 7. The molecule has 2 aromatic carbocycles. The summed E-state index contributed by atoms with van der Waals surface area (Å²) in [5.41, 5.74) is 2.71. The second-order valence-electron chi connectivity index (χ2n) is 10.3. The van der Waals surface area contributed by atoms with Crippen molar-refractivity contribution >= 4 is 11.9 Å². The summed E-state index contributed by atoms with van der Waals surface area (Å²) in [6.07, 6.45) is 0.245. The normalized spacial score (nSPS) is 19.2. The predicted molar refractivity (Wildman–Crippen MR) is 146 cm³/mol. The van der Waals surface area contributed by atoms with E-state index in [4.69, 9.17) is 14.2 Å². The minimum atomic E-state index is -1.71. The second-order valence-corrected chi connectivity index (χ2v) is 10.3. The zero-order chi connectivity index (χ0) is 27.9. The molecule has 2 aliphatic heterocycles. The van der Waals surface area contributed by atoms with Crippen molar-refractivity contribution in [2.75, 3.05) is 26.7 Å². The van der Waals surface area contributed by atoms with Crippen molar-refractivity contribution < 1.29 is 24.0 Å².